The second-order valence-corrected chi connectivity index (χ2v) is 8.05. The Bertz CT molecular complexity index is 1000. The average Bonchev–Trinajstić information content (AvgIpc) is 3.03. The number of benzene rings is 1. The van der Waals surface area contributed by atoms with Gasteiger partial charge in [-0.3, -0.25) is 4.98 Å². The average molecular weight is 356 g/mol. The summed E-state index contributed by atoms with van der Waals surface area (Å²) in [6.07, 6.45) is 3.41. The van der Waals surface area contributed by atoms with Crippen molar-refractivity contribution in [1.29, 1.82) is 0 Å². The van der Waals surface area contributed by atoms with Crippen molar-refractivity contribution in [2.24, 2.45) is 0 Å². The number of pyridine rings is 1. The van der Waals surface area contributed by atoms with Gasteiger partial charge in [0.2, 0.25) is 0 Å². The van der Waals surface area contributed by atoms with Crippen molar-refractivity contribution in [1.82, 2.24) is 14.3 Å². The summed E-state index contributed by atoms with van der Waals surface area (Å²) < 4.78 is 27.7. The predicted octanol–water partition coefficient (Wildman–Crippen LogP) is 1.99. The summed E-state index contributed by atoms with van der Waals surface area (Å²) in [7, 11) is -3.67. The van der Waals surface area contributed by atoms with Crippen molar-refractivity contribution < 1.29 is 8.42 Å². The van der Waals surface area contributed by atoms with Crippen molar-refractivity contribution in [2.75, 3.05) is 31.1 Å². The van der Waals surface area contributed by atoms with Gasteiger partial charge in [0, 0.05) is 38.6 Å². The molecule has 0 aliphatic carbocycles. The molecular weight excluding hydrogens is 336 g/mol. The standard InChI is InChI=1S/C18H20N4O2S/c1-14-4-6-15(7-5-14)25(23,24)22-13-17(21-11-9-19-10-12-21)18-16(22)3-2-8-20-18/h2-8,13,19H,9-12H2,1H3. The Morgan fingerprint density at radius 1 is 1.08 bits per heavy atom. The Morgan fingerprint density at radius 3 is 2.52 bits per heavy atom. The van der Waals surface area contributed by atoms with Gasteiger partial charge in [0.1, 0.15) is 5.52 Å². The van der Waals surface area contributed by atoms with E-state index in [9.17, 15) is 8.42 Å². The molecule has 1 aromatic carbocycles. The Morgan fingerprint density at radius 2 is 1.80 bits per heavy atom. The van der Waals surface area contributed by atoms with Crippen LogP contribution in [0.4, 0.5) is 5.69 Å². The zero-order chi connectivity index (χ0) is 17.4. The van der Waals surface area contributed by atoms with Gasteiger partial charge in [-0.05, 0) is 31.2 Å². The minimum Gasteiger partial charge on any atom is -0.366 e. The summed E-state index contributed by atoms with van der Waals surface area (Å²) in [5, 5.41) is 3.31. The highest BCUT2D eigenvalue weighted by molar-refractivity contribution is 7.90. The van der Waals surface area contributed by atoms with Gasteiger partial charge in [0.25, 0.3) is 10.0 Å². The van der Waals surface area contributed by atoms with Crippen LogP contribution < -0.4 is 10.2 Å². The first-order valence-corrected chi connectivity index (χ1v) is 9.75. The molecule has 1 aliphatic heterocycles. The second kappa shape index (κ2) is 6.16. The molecule has 1 N–H and O–H groups in total. The Balaban J connectivity index is 1.88. The number of anilines is 1. The van der Waals surface area contributed by atoms with E-state index >= 15 is 0 Å². The van der Waals surface area contributed by atoms with Crippen LogP contribution >= 0.6 is 0 Å². The first-order chi connectivity index (χ1) is 12.1. The van der Waals surface area contributed by atoms with Crippen LogP contribution in [-0.4, -0.2) is 43.6 Å². The number of nitrogens with one attached hydrogen (secondary N) is 1. The lowest BCUT2D eigenvalue weighted by atomic mass is 10.2. The van der Waals surface area contributed by atoms with Gasteiger partial charge in [-0.25, -0.2) is 12.4 Å². The molecule has 0 saturated carbocycles. The number of nitrogens with zero attached hydrogens (tertiary/aromatic N) is 3. The normalized spacial score (nSPS) is 15.6. The maximum atomic E-state index is 13.2. The van der Waals surface area contributed by atoms with Crippen LogP contribution in [0.25, 0.3) is 11.0 Å². The number of hydrogen-bond donors (Lipinski definition) is 1. The highest BCUT2D eigenvalue weighted by Gasteiger charge is 2.24. The van der Waals surface area contributed by atoms with Crippen LogP contribution in [0.1, 0.15) is 5.56 Å². The molecule has 6 nitrogen and oxygen atoms in total. The molecule has 0 amide bonds. The molecule has 1 saturated heterocycles. The summed E-state index contributed by atoms with van der Waals surface area (Å²) in [5.74, 6) is 0. The molecule has 130 valence electrons. The molecule has 0 spiro atoms. The fourth-order valence-corrected chi connectivity index (χ4v) is 4.53. The van der Waals surface area contributed by atoms with Gasteiger partial charge >= 0.3 is 0 Å². The number of piperazine rings is 1. The van der Waals surface area contributed by atoms with Crippen LogP contribution in [0.2, 0.25) is 0 Å². The molecule has 1 aliphatic rings. The highest BCUT2D eigenvalue weighted by atomic mass is 32.2. The van der Waals surface area contributed by atoms with Gasteiger partial charge in [-0.15, -0.1) is 0 Å². The topological polar surface area (TPSA) is 67.2 Å². The zero-order valence-electron chi connectivity index (χ0n) is 14.0. The molecule has 0 atom stereocenters. The Kier molecular flexibility index (Phi) is 3.97. The number of hydrogen-bond acceptors (Lipinski definition) is 5. The molecule has 3 heterocycles. The highest BCUT2D eigenvalue weighted by Crippen LogP contribution is 2.30. The van der Waals surface area contributed by atoms with Gasteiger partial charge in [-0.1, -0.05) is 17.7 Å². The zero-order valence-corrected chi connectivity index (χ0v) is 14.8. The molecule has 25 heavy (non-hydrogen) atoms. The van der Waals surface area contributed by atoms with Crippen LogP contribution in [0.15, 0.2) is 53.7 Å². The van der Waals surface area contributed by atoms with E-state index in [-0.39, 0.29) is 4.90 Å². The summed E-state index contributed by atoms with van der Waals surface area (Å²) >= 11 is 0. The van der Waals surface area contributed by atoms with Crippen LogP contribution in [0, 0.1) is 6.92 Å². The fraction of sp³-hybridized carbons (Fsp3) is 0.278. The maximum Gasteiger partial charge on any atom is 0.268 e. The van der Waals surface area contributed by atoms with Gasteiger partial charge in [0.05, 0.1) is 16.1 Å². The maximum absolute atomic E-state index is 13.2. The first kappa shape index (κ1) is 16.1. The van der Waals surface area contributed by atoms with Crippen molar-refractivity contribution >= 4 is 26.7 Å². The third-order valence-electron chi connectivity index (χ3n) is 4.54. The predicted molar refractivity (Wildman–Crippen MR) is 98.6 cm³/mol. The Hall–Kier alpha value is -2.38. The van der Waals surface area contributed by atoms with E-state index in [1.54, 1.807) is 36.7 Å². The molecule has 0 bridgehead atoms. The van der Waals surface area contributed by atoms with E-state index in [0.717, 1.165) is 42.9 Å². The molecule has 3 aromatic rings. The molecule has 4 rings (SSSR count). The van der Waals surface area contributed by atoms with E-state index in [1.165, 1.54) is 3.97 Å². The molecule has 0 radical (unpaired) electrons. The first-order valence-electron chi connectivity index (χ1n) is 8.31. The van der Waals surface area contributed by atoms with E-state index in [4.69, 9.17) is 0 Å². The van der Waals surface area contributed by atoms with Crippen LogP contribution in [0.5, 0.6) is 0 Å². The quantitative estimate of drug-likeness (QED) is 0.777. The minimum atomic E-state index is -3.67. The molecule has 2 aromatic heterocycles. The van der Waals surface area contributed by atoms with E-state index in [0.29, 0.717) is 5.52 Å². The summed E-state index contributed by atoms with van der Waals surface area (Å²) in [6.45, 7) is 5.36. The lowest BCUT2D eigenvalue weighted by Crippen LogP contribution is -2.43. The van der Waals surface area contributed by atoms with Gasteiger partial charge in [0.15, 0.2) is 0 Å². The van der Waals surface area contributed by atoms with Crippen molar-refractivity contribution in [2.45, 2.75) is 11.8 Å². The van der Waals surface area contributed by atoms with Crippen molar-refractivity contribution in [3.8, 4) is 0 Å². The second-order valence-electron chi connectivity index (χ2n) is 6.24. The SMILES string of the molecule is Cc1ccc(S(=O)(=O)n2cc(N3CCNCC3)c3ncccc32)cc1. The lowest BCUT2D eigenvalue weighted by molar-refractivity contribution is 0.586. The smallest absolute Gasteiger partial charge is 0.268 e. The molecule has 1 fully saturated rings. The van der Waals surface area contributed by atoms with Gasteiger partial charge < -0.3 is 10.2 Å². The molecule has 7 heteroatoms. The fourth-order valence-electron chi connectivity index (χ4n) is 3.17. The number of rotatable bonds is 3. The third-order valence-corrected chi connectivity index (χ3v) is 6.23. The van der Waals surface area contributed by atoms with E-state index in [2.05, 4.69) is 15.2 Å². The van der Waals surface area contributed by atoms with Gasteiger partial charge in [-0.2, -0.15) is 0 Å². The molecular formula is C18H20N4O2S. The van der Waals surface area contributed by atoms with E-state index < -0.39 is 10.0 Å². The summed E-state index contributed by atoms with van der Waals surface area (Å²) in [6, 6.07) is 10.5. The minimum absolute atomic E-state index is 0.283. The van der Waals surface area contributed by atoms with Crippen LogP contribution in [-0.2, 0) is 10.0 Å². The summed E-state index contributed by atoms with van der Waals surface area (Å²) in [5.41, 5.74) is 3.23. The van der Waals surface area contributed by atoms with E-state index in [1.807, 2.05) is 19.1 Å². The van der Waals surface area contributed by atoms with Crippen LogP contribution in [0.3, 0.4) is 0 Å². The Labute approximate surface area is 147 Å². The third kappa shape index (κ3) is 2.79. The monoisotopic (exact) mass is 356 g/mol. The largest absolute Gasteiger partial charge is 0.366 e. The number of fused-ring (bicyclic) bond motifs is 1. The lowest BCUT2D eigenvalue weighted by Gasteiger charge is -2.28. The van der Waals surface area contributed by atoms with Crippen molar-refractivity contribution in [3.05, 3.63) is 54.4 Å². The number of aryl methyl sites for hydroxylation is 1. The molecule has 0 unspecified atom stereocenters. The number of aromatic nitrogens is 2. The summed E-state index contributed by atoms with van der Waals surface area (Å²) in [4.78, 5) is 6.92. The van der Waals surface area contributed by atoms with Crippen molar-refractivity contribution in [3.63, 3.8) is 0 Å².